The number of hydrogen-bond acceptors (Lipinski definition) is 5. The van der Waals surface area contributed by atoms with Gasteiger partial charge < -0.3 is 10.3 Å². The minimum atomic E-state index is 0.532. The Labute approximate surface area is 102 Å². The van der Waals surface area contributed by atoms with E-state index in [1.54, 1.807) is 23.7 Å². The lowest BCUT2D eigenvalue weighted by Crippen LogP contribution is -2.05. The van der Waals surface area contributed by atoms with Gasteiger partial charge in [-0.1, -0.05) is 0 Å². The van der Waals surface area contributed by atoms with Crippen molar-refractivity contribution in [2.45, 2.75) is 13.0 Å². The van der Waals surface area contributed by atoms with Gasteiger partial charge in [-0.25, -0.2) is 9.97 Å². The van der Waals surface area contributed by atoms with E-state index in [4.69, 9.17) is 5.73 Å². The monoisotopic (exact) mass is 245 g/mol. The van der Waals surface area contributed by atoms with Crippen molar-refractivity contribution < 1.29 is 0 Å². The molecule has 2 N–H and O–H groups in total. The number of anilines is 1. The van der Waals surface area contributed by atoms with Crippen LogP contribution in [0.3, 0.4) is 0 Å². The van der Waals surface area contributed by atoms with Gasteiger partial charge in [0.25, 0.3) is 0 Å². The molecule has 3 aromatic rings. The highest BCUT2D eigenvalue weighted by Gasteiger charge is 2.08. The number of aromatic nitrogens is 4. The minimum Gasteiger partial charge on any atom is -0.369 e. The summed E-state index contributed by atoms with van der Waals surface area (Å²) >= 11 is 1.66. The van der Waals surface area contributed by atoms with Gasteiger partial charge >= 0.3 is 0 Å². The molecule has 0 aromatic carbocycles. The number of hydrogen-bond donors (Lipinski definition) is 1. The number of aryl methyl sites for hydroxylation is 2. The third-order valence-corrected chi connectivity index (χ3v) is 3.45. The van der Waals surface area contributed by atoms with E-state index in [1.165, 1.54) is 0 Å². The number of nitrogens with two attached hydrogens (primary N) is 1. The number of pyridine rings is 1. The summed E-state index contributed by atoms with van der Waals surface area (Å²) in [7, 11) is 0. The van der Waals surface area contributed by atoms with E-state index in [9.17, 15) is 0 Å². The highest BCUT2D eigenvalue weighted by Crippen LogP contribution is 2.17. The summed E-state index contributed by atoms with van der Waals surface area (Å²) in [5, 5.41) is 3.09. The highest BCUT2D eigenvalue weighted by molar-refractivity contribution is 7.09. The van der Waals surface area contributed by atoms with Crippen LogP contribution in [0.2, 0.25) is 0 Å². The minimum absolute atomic E-state index is 0.532. The summed E-state index contributed by atoms with van der Waals surface area (Å²) in [5.41, 5.74) is 7.76. The van der Waals surface area contributed by atoms with Crippen molar-refractivity contribution >= 4 is 28.3 Å². The van der Waals surface area contributed by atoms with Crippen LogP contribution in [-0.4, -0.2) is 19.5 Å². The maximum atomic E-state index is 5.90. The molecule has 0 saturated carbocycles. The van der Waals surface area contributed by atoms with Crippen LogP contribution in [0.4, 0.5) is 5.95 Å². The number of imidazole rings is 1. The molecule has 0 aliphatic carbocycles. The number of fused-ring (bicyclic) bond motifs is 1. The third kappa shape index (κ3) is 1.87. The van der Waals surface area contributed by atoms with Crippen LogP contribution < -0.4 is 5.73 Å². The van der Waals surface area contributed by atoms with Crippen LogP contribution in [0.5, 0.6) is 0 Å². The first-order chi connectivity index (χ1) is 8.34. The van der Waals surface area contributed by atoms with Crippen LogP contribution in [-0.2, 0) is 13.0 Å². The van der Waals surface area contributed by atoms with E-state index < -0.39 is 0 Å². The number of rotatable bonds is 3. The molecule has 0 fully saturated rings. The van der Waals surface area contributed by atoms with Crippen molar-refractivity contribution in [3.63, 3.8) is 0 Å². The molecule has 0 aliphatic rings. The smallest absolute Gasteiger partial charge is 0.201 e. The van der Waals surface area contributed by atoms with Gasteiger partial charge in [0.1, 0.15) is 5.52 Å². The van der Waals surface area contributed by atoms with Gasteiger partial charge in [0.05, 0.1) is 16.7 Å². The molecule has 6 heteroatoms. The third-order valence-electron chi connectivity index (χ3n) is 2.61. The molecule has 5 nitrogen and oxygen atoms in total. The summed E-state index contributed by atoms with van der Waals surface area (Å²) in [6.07, 6.45) is 6.17. The first-order valence-corrected chi connectivity index (χ1v) is 6.16. The topological polar surface area (TPSA) is 69.6 Å². The molecule has 3 heterocycles. The van der Waals surface area contributed by atoms with Crippen LogP contribution in [0.15, 0.2) is 30.0 Å². The molecule has 17 heavy (non-hydrogen) atoms. The van der Waals surface area contributed by atoms with Gasteiger partial charge in [-0.3, -0.25) is 4.98 Å². The first-order valence-electron chi connectivity index (χ1n) is 5.28. The summed E-state index contributed by atoms with van der Waals surface area (Å²) in [4.78, 5) is 12.6. The maximum Gasteiger partial charge on any atom is 0.201 e. The van der Waals surface area contributed by atoms with Crippen molar-refractivity contribution in [3.05, 3.63) is 35.0 Å². The van der Waals surface area contributed by atoms with Gasteiger partial charge in [0.15, 0.2) is 0 Å². The van der Waals surface area contributed by atoms with E-state index in [0.29, 0.717) is 5.95 Å². The van der Waals surface area contributed by atoms with E-state index >= 15 is 0 Å². The van der Waals surface area contributed by atoms with E-state index in [-0.39, 0.29) is 0 Å². The lowest BCUT2D eigenvalue weighted by Gasteiger charge is -2.04. The predicted octanol–water partition coefficient (Wildman–Crippen LogP) is 1.71. The first kappa shape index (κ1) is 10.2. The van der Waals surface area contributed by atoms with Crippen molar-refractivity contribution in [1.29, 1.82) is 0 Å². The van der Waals surface area contributed by atoms with Gasteiger partial charge in [0.2, 0.25) is 5.95 Å². The second-order valence-corrected chi connectivity index (χ2v) is 4.64. The molecule has 3 aromatic heterocycles. The molecule has 0 amide bonds. The van der Waals surface area contributed by atoms with Gasteiger partial charge in [-0.2, -0.15) is 0 Å². The Hall–Kier alpha value is -1.95. The quantitative estimate of drug-likeness (QED) is 0.762. The predicted molar refractivity (Wildman–Crippen MR) is 67.8 cm³/mol. The largest absolute Gasteiger partial charge is 0.369 e. The second-order valence-electron chi connectivity index (χ2n) is 3.66. The molecule has 3 rings (SSSR count). The summed E-state index contributed by atoms with van der Waals surface area (Å²) in [6, 6.07) is 1.93. The Balaban J connectivity index is 1.92. The Bertz CT molecular complexity index is 628. The molecule has 0 unspecified atom stereocenters. The Morgan fingerprint density at radius 2 is 2.29 bits per heavy atom. The summed E-state index contributed by atoms with van der Waals surface area (Å²) in [6.45, 7) is 0.792. The zero-order valence-corrected chi connectivity index (χ0v) is 9.89. The van der Waals surface area contributed by atoms with Gasteiger partial charge in [-0.15, -0.1) is 11.3 Å². The molecule has 0 spiro atoms. The zero-order valence-electron chi connectivity index (χ0n) is 9.08. The fraction of sp³-hybridized carbons (Fsp3) is 0.182. The zero-order chi connectivity index (χ0) is 11.7. The van der Waals surface area contributed by atoms with Gasteiger partial charge in [-0.05, 0) is 6.07 Å². The standard InChI is InChI=1S/C11H11N5S/c12-11-15-8-7-13-3-1-9(8)16(11)5-2-10-14-4-6-17-10/h1,3-4,6-7H,2,5H2,(H2,12,15). The Morgan fingerprint density at radius 1 is 1.35 bits per heavy atom. The fourth-order valence-electron chi connectivity index (χ4n) is 1.82. The molecule has 0 bridgehead atoms. The maximum absolute atomic E-state index is 5.90. The molecular formula is C11H11N5S. The van der Waals surface area contributed by atoms with E-state index in [1.807, 2.05) is 22.2 Å². The summed E-state index contributed by atoms with van der Waals surface area (Å²) in [5.74, 6) is 0.532. The lowest BCUT2D eigenvalue weighted by molar-refractivity contribution is 0.722. The normalized spacial score (nSPS) is 11.1. The second kappa shape index (κ2) is 4.14. The average molecular weight is 245 g/mol. The lowest BCUT2D eigenvalue weighted by atomic mass is 10.4. The average Bonchev–Trinajstić information content (AvgIpc) is 2.93. The number of thiazole rings is 1. The van der Waals surface area contributed by atoms with Crippen LogP contribution in [0, 0.1) is 0 Å². The van der Waals surface area contributed by atoms with Crippen molar-refractivity contribution in [2.75, 3.05) is 5.73 Å². The van der Waals surface area contributed by atoms with Crippen LogP contribution >= 0.6 is 11.3 Å². The summed E-state index contributed by atoms with van der Waals surface area (Å²) < 4.78 is 2.00. The van der Waals surface area contributed by atoms with Gasteiger partial charge in [0, 0.05) is 30.7 Å². The van der Waals surface area contributed by atoms with Crippen molar-refractivity contribution in [3.8, 4) is 0 Å². The van der Waals surface area contributed by atoms with Crippen LogP contribution in [0.25, 0.3) is 11.0 Å². The van der Waals surface area contributed by atoms with Crippen molar-refractivity contribution in [2.24, 2.45) is 0 Å². The molecule has 0 atom stereocenters. The molecule has 0 aliphatic heterocycles. The van der Waals surface area contributed by atoms with E-state index in [2.05, 4.69) is 15.0 Å². The Kier molecular flexibility index (Phi) is 2.49. The van der Waals surface area contributed by atoms with Crippen molar-refractivity contribution in [1.82, 2.24) is 19.5 Å². The fourth-order valence-corrected chi connectivity index (χ4v) is 2.43. The van der Waals surface area contributed by atoms with E-state index in [0.717, 1.165) is 29.0 Å². The molecule has 86 valence electrons. The molecular weight excluding hydrogens is 234 g/mol. The number of nitrogen functional groups attached to an aromatic ring is 1. The molecule has 0 saturated heterocycles. The molecule has 0 radical (unpaired) electrons. The Morgan fingerprint density at radius 3 is 3.12 bits per heavy atom. The van der Waals surface area contributed by atoms with Crippen LogP contribution in [0.1, 0.15) is 5.01 Å². The number of nitrogens with zero attached hydrogens (tertiary/aromatic N) is 4. The SMILES string of the molecule is Nc1nc2cnccc2n1CCc1nccs1. The highest BCUT2D eigenvalue weighted by atomic mass is 32.1.